The van der Waals surface area contributed by atoms with Gasteiger partial charge in [-0.1, -0.05) is 29.4 Å². The summed E-state index contributed by atoms with van der Waals surface area (Å²) in [5.74, 6) is 0.00678. The largest absolute Gasteiger partial charge is 0.423 e. The Balaban J connectivity index is 1.55. The van der Waals surface area contributed by atoms with Gasteiger partial charge in [-0.15, -0.1) is 0 Å². The first-order valence-electron chi connectivity index (χ1n) is 9.49. The van der Waals surface area contributed by atoms with E-state index in [-0.39, 0.29) is 29.7 Å². The molecule has 162 valence electrons. The third-order valence-corrected chi connectivity index (χ3v) is 5.38. The summed E-state index contributed by atoms with van der Waals surface area (Å²) in [7, 11) is 1.85. The van der Waals surface area contributed by atoms with Gasteiger partial charge in [0.25, 0.3) is 0 Å². The molecule has 1 aliphatic rings. The highest BCUT2D eigenvalue weighted by molar-refractivity contribution is 5.80. The van der Waals surface area contributed by atoms with E-state index in [2.05, 4.69) is 15.5 Å². The molecular weight excluding hydrogens is 413 g/mol. The number of carbonyl (C=O) groups excluding carboxylic acids is 1. The maximum Gasteiger partial charge on any atom is 0.418 e. The molecule has 0 spiro atoms. The van der Waals surface area contributed by atoms with E-state index >= 15 is 0 Å². The lowest BCUT2D eigenvalue weighted by atomic mass is 10.0. The summed E-state index contributed by atoms with van der Waals surface area (Å²) in [6, 6.07) is 11.5. The predicted octanol–water partition coefficient (Wildman–Crippen LogP) is 3.09. The zero-order valence-corrected chi connectivity index (χ0v) is 16.5. The van der Waals surface area contributed by atoms with E-state index < -0.39 is 11.7 Å². The number of nitrogens with two attached hydrogens (primary N) is 1. The Kier molecular flexibility index (Phi) is 5.36. The van der Waals surface area contributed by atoms with Crippen LogP contribution in [0.15, 0.2) is 48.5 Å². The van der Waals surface area contributed by atoms with Crippen LogP contribution >= 0.6 is 0 Å². The molecule has 0 bridgehead atoms. The molecule has 31 heavy (non-hydrogen) atoms. The maximum atomic E-state index is 13.3. The fraction of sp³-hybridized carbons (Fsp3) is 0.300. The molecule has 0 radical (unpaired) electrons. The number of nitrogens with zero attached hydrogens (tertiary/aromatic N) is 5. The number of hydrogen-bond acceptors (Lipinski definition) is 6. The Hall–Kier alpha value is -3.47. The van der Waals surface area contributed by atoms with Crippen LogP contribution in [0.3, 0.4) is 0 Å². The molecule has 0 aliphatic carbocycles. The van der Waals surface area contributed by atoms with E-state index in [1.807, 2.05) is 24.1 Å². The fourth-order valence-corrected chi connectivity index (χ4v) is 3.84. The summed E-state index contributed by atoms with van der Waals surface area (Å²) in [5.41, 5.74) is 5.29. The Morgan fingerprint density at radius 1 is 1.13 bits per heavy atom. The van der Waals surface area contributed by atoms with E-state index in [4.69, 9.17) is 10.5 Å². The zero-order valence-electron chi connectivity index (χ0n) is 16.5. The maximum absolute atomic E-state index is 13.3. The average molecular weight is 432 g/mol. The van der Waals surface area contributed by atoms with Crippen molar-refractivity contribution in [2.75, 3.05) is 7.05 Å². The number of rotatable bonds is 5. The molecule has 3 aromatic rings. The van der Waals surface area contributed by atoms with Crippen molar-refractivity contribution in [1.29, 1.82) is 0 Å². The van der Waals surface area contributed by atoms with Crippen LogP contribution in [0.25, 0.3) is 5.69 Å². The lowest BCUT2D eigenvalue weighted by molar-refractivity contribution is -0.137. The van der Waals surface area contributed by atoms with Crippen LogP contribution in [0.4, 0.5) is 13.2 Å². The lowest BCUT2D eigenvalue weighted by Crippen LogP contribution is -2.38. The summed E-state index contributed by atoms with van der Waals surface area (Å²) in [6.07, 6.45) is -3.10. The highest BCUT2D eigenvalue weighted by atomic mass is 19.4. The van der Waals surface area contributed by atoms with Crippen LogP contribution < -0.4 is 10.5 Å². The molecule has 1 saturated heterocycles. The third-order valence-electron chi connectivity index (χ3n) is 5.38. The number of primary amides is 1. The van der Waals surface area contributed by atoms with E-state index in [0.29, 0.717) is 12.2 Å². The predicted molar refractivity (Wildman–Crippen MR) is 103 cm³/mol. The third kappa shape index (κ3) is 4.08. The van der Waals surface area contributed by atoms with Crippen LogP contribution in [0.2, 0.25) is 0 Å². The van der Waals surface area contributed by atoms with Gasteiger partial charge in [0, 0.05) is 6.04 Å². The summed E-state index contributed by atoms with van der Waals surface area (Å²) in [5, 5.41) is 10.8. The quantitative estimate of drug-likeness (QED) is 0.665. The number of amides is 1. The van der Waals surface area contributed by atoms with Crippen molar-refractivity contribution < 1.29 is 22.7 Å². The normalized spacial score (nSPS) is 19.5. The lowest BCUT2D eigenvalue weighted by Gasteiger charge is -2.24. The second kappa shape index (κ2) is 7.99. The van der Waals surface area contributed by atoms with Gasteiger partial charge in [-0.25, -0.2) is 0 Å². The molecule has 0 saturated carbocycles. The van der Waals surface area contributed by atoms with Crippen molar-refractivity contribution in [1.82, 2.24) is 25.1 Å². The first-order valence-corrected chi connectivity index (χ1v) is 9.49. The van der Waals surface area contributed by atoms with Gasteiger partial charge in [-0.2, -0.15) is 17.9 Å². The van der Waals surface area contributed by atoms with Crippen LogP contribution in [0, 0.1) is 0 Å². The smallest absolute Gasteiger partial charge is 0.418 e. The number of ether oxygens (including phenoxy) is 1. The number of carbonyl (C=O) groups is 1. The van der Waals surface area contributed by atoms with Crippen molar-refractivity contribution in [3.63, 3.8) is 0 Å². The van der Waals surface area contributed by atoms with Crippen molar-refractivity contribution in [2.24, 2.45) is 5.73 Å². The summed E-state index contributed by atoms with van der Waals surface area (Å²) in [4.78, 5) is 13.5. The van der Waals surface area contributed by atoms with Gasteiger partial charge in [0.1, 0.15) is 5.75 Å². The van der Waals surface area contributed by atoms with E-state index in [1.165, 1.54) is 18.2 Å². The molecule has 2 N–H and O–H groups in total. The van der Waals surface area contributed by atoms with Crippen molar-refractivity contribution >= 4 is 5.91 Å². The van der Waals surface area contributed by atoms with Crippen molar-refractivity contribution in [2.45, 2.75) is 31.1 Å². The zero-order chi connectivity index (χ0) is 22.2. The van der Waals surface area contributed by atoms with E-state index in [1.54, 1.807) is 12.1 Å². The molecule has 1 aromatic heterocycles. The molecule has 1 fully saturated rings. The molecule has 2 atom stereocenters. The highest BCUT2D eigenvalue weighted by Crippen LogP contribution is 2.36. The van der Waals surface area contributed by atoms with Gasteiger partial charge in [0.2, 0.25) is 5.91 Å². The second-order valence-electron chi connectivity index (χ2n) is 7.24. The number of para-hydroxylation sites is 1. The number of benzene rings is 2. The van der Waals surface area contributed by atoms with Gasteiger partial charge in [-0.3, -0.25) is 9.69 Å². The molecule has 2 unspecified atom stereocenters. The van der Waals surface area contributed by atoms with Crippen LogP contribution in [0.5, 0.6) is 11.8 Å². The topological polar surface area (TPSA) is 99.2 Å². The SMILES string of the molecule is CN1C(C(N)=O)CCC1c1ccc(Oc2nnnn2-c2ccccc2C(F)(F)F)cc1. The molecule has 11 heteroatoms. The monoisotopic (exact) mass is 432 g/mol. The molecule has 8 nitrogen and oxygen atoms in total. The van der Waals surface area contributed by atoms with Crippen molar-refractivity contribution in [3.05, 3.63) is 59.7 Å². The van der Waals surface area contributed by atoms with Crippen LogP contribution in [-0.2, 0) is 11.0 Å². The summed E-state index contributed by atoms with van der Waals surface area (Å²) < 4.78 is 46.6. The summed E-state index contributed by atoms with van der Waals surface area (Å²) >= 11 is 0. The summed E-state index contributed by atoms with van der Waals surface area (Å²) in [6.45, 7) is 0. The number of tetrazole rings is 1. The fourth-order valence-electron chi connectivity index (χ4n) is 3.84. The molecule has 2 aromatic carbocycles. The Bertz CT molecular complexity index is 1080. The minimum Gasteiger partial charge on any atom is -0.423 e. The Morgan fingerprint density at radius 3 is 2.48 bits per heavy atom. The molecule has 4 rings (SSSR count). The number of aromatic nitrogens is 4. The van der Waals surface area contributed by atoms with Crippen LogP contribution in [0.1, 0.15) is 30.0 Å². The number of hydrogen-bond donors (Lipinski definition) is 1. The Labute approximate surface area is 175 Å². The van der Waals surface area contributed by atoms with Gasteiger partial charge in [0.05, 0.1) is 17.3 Å². The van der Waals surface area contributed by atoms with E-state index in [0.717, 1.165) is 22.7 Å². The first-order chi connectivity index (χ1) is 14.8. The average Bonchev–Trinajstić information content (AvgIpc) is 3.34. The van der Waals surface area contributed by atoms with Gasteiger partial charge in [0.15, 0.2) is 0 Å². The standard InChI is InChI=1S/C20H19F3N6O2/c1-28-15(10-11-17(28)18(24)30)12-6-8-13(9-7-12)31-19-25-26-27-29(19)16-5-3-2-4-14(16)20(21,22)23/h2-9,15,17H,10-11H2,1H3,(H2,24,30). The highest BCUT2D eigenvalue weighted by Gasteiger charge is 2.36. The molecule has 2 heterocycles. The molecule has 1 amide bonds. The molecular formula is C20H19F3N6O2. The minimum atomic E-state index is -4.57. The first kappa shape index (κ1) is 20.8. The second-order valence-corrected chi connectivity index (χ2v) is 7.24. The number of likely N-dealkylation sites (N-methyl/N-ethyl adjacent to an activating group) is 1. The van der Waals surface area contributed by atoms with Gasteiger partial charge < -0.3 is 10.5 Å². The number of likely N-dealkylation sites (tertiary alicyclic amines) is 1. The molecule has 1 aliphatic heterocycles. The number of halogens is 3. The van der Waals surface area contributed by atoms with Crippen molar-refractivity contribution in [3.8, 4) is 17.4 Å². The Morgan fingerprint density at radius 2 is 1.84 bits per heavy atom. The van der Waals surface area contributed by atoms with Gasteiger partial charge in [-0.05, 0) is 60.1 Å². The van der Waals surface area contributed by atoms with Crippen LogP contribution in [-0.4, -0.2) is 44.1 Å². The van der Waals surface area contributed by atoms with Gasteiger partial charge >= 0.3 is 12.2 Å². The number of alkyl halides is 3. The van der Waals surface area contributed by atoms with E-state index in [9.17, 15) is 18.0 Å². The minimum absolute atomic E-state index is 0.0375.